The zero-order chi connectivity index (χ0) is 10.3. The van der Waals surface area contributed by atoms with Gasteiger partial charge in [0.25, 0.3) is 0 Å². The quantitative estimate of drug-likeness (QED) is 0.393. The number of ether oxygens (including phenoxy) is 1. The minimum Gasteiger partial charge on any atom is -0.462 e. The van der Waals surface area contributed by atoms with E-state index in [1.807, 2.05) is 4.89 Å². The van der Waals surface area contributed by atoms with Gasteiger partial charge in [-0.15, -0.1) is 0 Å². The number of esters is 1. The van der Waals surface area contributed by atoms with Crippen molar-refractivity contribution in [2.24, 2.45) is 0 Å². The van der Waals surface area contributed by atoms with Crippen LogP contribution in [0, 0.1) is 0 Å². The third kappa shape index (κ3) is 6.41. The highest BCUT2D eigenvalue weighted by molar-refractivity contribution is 7.77. The average molecular weight is 207 g/mol. The fraction of sp³-hybridized carbons (Fsp3) is 0.714. The van der Waals surface area contributed by atoms with Crippen molar-refractivity contribution in [2.75, 3.05) is 0 Å². The van der Waals surface area contributed by atoms with Crippen LogP contribution in [0.25, 0.3) is 0 Å². The van der Waals surface area contributed by atoms with E-state index in [4.69, 9.17) is 4.74 Å². The van der Waals surface area contributed by atoms with Crippen LogP contribution in [0.3, 0.4) is 0 Å². The van der Waals surface area contributed by atoms with E-state index in [1.165, 1.54) is 0 Å². The number of carbonyl (C=O) groups excluding carboxylic acids is 2. The van der Waals surface area contributed by atoms with Crippen LogP contribution in [0.15, 0.2) is 0 Å². The molecule has 0 rings (SSSR count). The van der Waals surface area contributed by atoms with Gasteiger partial charge in [-0.25, -0.2) is 0 Å². The Morgan fingerprint density at radius 2 is 2.08 bits per heavy atom. The molecule has 0 aliphatic carbocycles. The third-order valence-electron chi connectivity index (χ3n) is 1.23. The monoisotopic (exact) mass is 207 g/mol. The summed E-state index contributed by atoms with van der Waals surface area (Å²) in [6.45, 7) is 3.30. The van der Waals surface area contributed by atoms with Crippen molar-refractivity contribution >= 4 is 24.8 Å². The fourth-order valence-corrected chi connectivity index (χ4v) is 0.778. The summed E-state index contributed by atoms with van der Waals surface area (Å²) in [4.78, 5) is 27.8. The molecule has 0 aromatic rings. The van der Waals surface area contributed by atoms with Gasteiger partial charge in [0.05, 0.1) is 6.42 Å². The standard InChI is InChI=1S/C7H13NO4S/c1-3-6(9)11-5(2)4-7(10)12-8-13/h5,8,13H,3-4H2,1-2H3. The Kier molecular flexibility index (Phi) is 6.34. The van der Waals surface area contributed by atoms with E-state index >= 15 is 0 Å². The van der Waals surface area contributed by atoms with E-state index in [9.17, 15) is 9.59 Å². The number of hydrogen-bond donors (Lipinski definition) is 2. The zero-order valence-corrected chi connectivity index (χ0v) is 8.47. The molecule has 0 fully saturated rings. The van der Waals surface area contributed by atoms with Gasteiger partial charge >= 0.3 is 11.9 Å². The molecule has 76 valence electrons. The molecule has 0 saturated heterocycles. The lowest BCUT2D eigenvalue weighted by atomic mass is 10.3. The van der Waals surface area contributed by atoms with Gasteiger partial charge in [0.15, 0.2) is 0 Å². The molecule has 5 nitrogen and oxygen atoms in total. The number of hydrogen-bond acceptors (Lipinski definition) is 6. The molecule has 0 aromatic carbocycles. The van der Waals surface area contributed by atoms with Crippen LogP contribution in [-0.4, -0.2) is 18.0 Å². The van der Waals surface area contributed by atoms with Crippen molar-refractivity contribution in [3.63, 3.8) is 0 Å². The Morgan fingerprint density at radius 1 is 1.46 bits per heavy atom. The first-order chi connectivity index (χ1) is 6.10. The number of carbonyl (C=O) groups is 2. The highest BCUT2D eigenvalue weighted by atomic mass is 32.1. The lowest BCUT2D eigenvalue weighted by Gasteiger charge is -2.10. The highest BCUT2D eigenvalue weighted by Crippen LogP contribution is 2.00. The second kappa shape index (κ2) is 6.73. The molecule has 0 saturated carbocycles. The number of thiol groups is 1. The van der Waals surface area contributed by atoms with Crippen molar-refractivity contribution in [3.05, 3.63) is 0 Å². The maximum atomic E-state index is 10.8. The first kappa shape index (κ1) is 12.2. The van der Waals surface area contributed by atoms with E-state index in [-0.39, 0.29) is 12.4 Å². The van der Waals surface area contributed by atoms with Crippen molar-refractivity contribution in [1.29, 1.82) is 0 Å². The zero-order valence-electron chi connectivity index (χ0n) is 7.57. The summed E-state index contributed by atoms with van der Waals surface area (Å²) in [5, 5.41) is 0. The molecular formula is C7H13NO4S. The summed E-state index contributed by atoms with van der Waals surface area (Å²) in [6, 6.07) is 0. The molecule has 1 unspecified atom stereocenters. The summed E-state index contributed by atoms with van der Waals surface area (Å²) in [5.41, 5.74) is 0. The molecule has 0 bridgehead atoms. The average Bonchev–Trinajstić information content (AvgIpc) is 2.04. The van der Waals surface area contributed by atoms with E-state index in [0.29, 0.717) is 6.42 Å². The SMILES string of the molecule is CCC(=O)OC(C)CC(=O)ONS. The van der Waals surface area contributed by atoms with Crippen molar-refractivity contribution < 1.29 is 19.2 Å². The first-order valence-electron chi connectivity index (χ1n) is 3.88. The van der Waals surface area contributed by atoms with Gasteiger partial charge in [0.1, 0.15) is 6.10 Å². The summed E-state index contributed by atoms with van der Waals surface area (Å²) in [7, 11) is 0. The number of nitrogens with one attached hydrogen (secondary N) is 1. The third-order valence-corrected chi connectivity index (χ3v) is 1.33. The number of rotatable bonds is 5. The molecule has 0 aromatic heterocycles. The Bertz CT molecular complexity index is 185. The summed E-state index contributed by atoms with van der Waals surface area (Å²) in [5.74, 6) is -0.856. The molecule has 0 radical (unpaired) electrons. The second-order valence-electron chi connectivity index (χ2n) is 2.42. The summed E-state index contributed by atoms with van der Waals surface area (Å²) in [6.07, 6.45) is -0.162. The van der Waals surface area contributed by atoms with Crippen LogP contribution in [0.2, 0.25) is 0 Å². The Hall–Kier alpha value is -0.750. The predicted molar refractivity (Wildman–Crippen MR) is 48.7 cm³/mol. The maximum absolute atomic E-state index is 10.8. The summed E-state index contributed by atoms with van der Waals surface area (Å²) >= 11 is 3.47. The molecule has 1 N–H and O–H groups in total. The predicted octanol–water partition coefficient (Wildman–Crippen LogP) is 0.611. The lowest BCUT2D eigenvalue weighted by molar-refractivity contribution is -0.155. The van der Waals surface area contributed by atoms with E-state index in [2.05, 4.69) is 17.7 Å². The van der Waals surface area contributed by atoms with Gasteiger partial charge in [-0.2, -0.15) is 0 Å². The normalized spacial score (nSPS) is 11.9. The lowest BCUT2D eigenvalue weighted by Crippen LogP contribution is -2.21. The molecule has 13 heavy (non-hydrogen) atoms. The second-order valence-corrected chi connectivity index (χ2v) is 2.61. The Morgan fingerprint density at radius 3 is 2.54 bits per heavy atom. The molecule has 0 spiro atoms. The van der Waals surface area contributed by atoms with Crippen molar-refractivity contribution in [1.82, 2.24) is 4.89 Å². The highest BCUT2D eigenvalue weighted by Gasteiger charge is 2.13. The van der Waals surface area contributed by atoms with E-state index in [1.54, 1.807) is 13.8 Å². The van der Waals surface area contributed by atoms with Crippen LogP contribution in [0.4, 0.5) is 0 Å². The van der Waals surface area contributed by atoms with Gasteiger partial charge < -0.3 is 9.57 Å². The topological polar surface area (TPSA) is 64.6 Å². The van der Waals surface area contributed by atoms with Crippen LogP contribution >= 0.6 is 12.8 Å². The van der Waals surface area contributed by atoms with Gasteiger partial charge in [-0.1, -0.05) is 24.6 Å². The minimum absolute atomic E-state index is 0.0132. The van der Waals surface area contributed by atoms with Crippen molar-refractivity contribution in [2.45, 2.75) is 32.8 Å². The molecule has 0 aliphatic rings. The molecule has 6 heteroatoms. The largest absolute Gasteiger partial charge is 0.462 e. The van der Waals surface area contributed by atoms with Crippen molar-refractivity contribution in [3.8, 4) is 0 Å². The summed E-state index contributed by atoms with van der Waals surface area (Å²) < 4.78 is 4.82. The molecular weight excluding hydrogens is 194 g/mol. The maximum Gasteiger partial charge on any atom is 0.329 e. The van der Waals surface area contributed by atoms with Crippen LogP contribution < -0.4 is 4.89 Å². The van der Waals surface area contributed by atoms with Gasteiger partial charge in [0.2, 0.25) is 0 Å². The fourth-order valence-electron chi connectivity index (χ4n) is 0.677. The Balaban J connectivity index is 3.67. The molecule has 0 amide bonds. The van der Waals surface area contributed by atoms with Gasteiger partial charge in [-0.3, -0.25) is 9.59 Å². The first-order valence-corrected chi connectivity index (χ1v) is 4.33. The van der Waals surface area contributed by atoms with Gasteiger partial charge in [0, 0.05) is 6.42 Å². The van der Waals surface area contributed by atoms with Gasteiger partial charge in [-0.05, 0) is 6.92 Å². The van der Waals surface area contributed by atoms with E-state index in [0.717, 1.165) is 0 Å². The molecule has 1 atom stereocenters. The smallest absolute Gasteiger partial charge is 0.329 e. The Labute approximate surface area is 82.3 Å². The van der Waals surface area contributed by atoms with Crippen LogP contribution in [0.1, 0.15) is 26.7 Å². The minimum atomic E-state index is -0.522. The van der Waals surface area contributed by atoms with Crippen LogP contribution in [-0.2, 0) is 19.2 Å². The van der Waals surface area contributed by atoms with Crippen LogP contribution in [0.5, 0.6) is 0 Å². The molecule has 0 aliphatic heterocycles. The molecule has 0 heterocycles. The van der Waals surface area contributed by atoms with E-state index < -0.39 is 12.1 Å².